The number of carbonyl (C=O) groups excluding carboxylic acids is 1. The fraction of sp³-hybridized carbons (Fsp3) is 0.333. The molecule has 1 atom stereocenters. The molecule has 0 fully saturated rings. The highest BCUT2D eigenvalue weighted by molar-refractivity contribution is 5.37. The molecule has 0 aromatic rings. The Morgan fingerprint density at radius 2 is 2.56 bits per heavy atom. The molecule has 3 nitrogen and oxygen atoms in total. The molecule has 0 spiro atoms. The van der Waals surface area contributed by atoms with Crippen molar-refractivity contribution in [3.05, 3.63) is 6.92 Å². The SMILES string of the molecule is C#CCOC([CH2])OC=O. The number of terminal acetylenes is 1. The van der Waals surface area contributed by atoms with E-state index in [-0.39, 0.29) is 13.1 Å². The standard InChI is InChI=1S/C6H7O3/c1-3-4-8-6(2)9-5-7/h1,5-6H,2,4H2. The summed E-state index contributed by atoms with van der Waals surface area (Å²) >= 11 is 0. The topological polar surface area (TPSA) is 35.5 Å². The van der Waals surface area contributed by atoms with E-state index in [1.807, 2.05) is 0 Å². The van der Waals surface area contributed by atoms with Crippen LogP contribution < -0.4 is 0 Å². The monoisotopic (exact) mass is 127 g/mol. The molecule has 0 aliphatic carbocycles. The summed E-state index contributed by atoms with van der Waals surface area (Å²) in [4.78, 5) is 9.58. The Hall–Kier alpha value is -1.01. The van der Waals surface area contributed by atoms with Gasteiger partial charge in [-0.3, -0.25) is 4.79 Å². The van der Waals surface area contributed by atoms with Crippen LogP contribution in [0.15, 0.2) is 0 Å². The van der Waals surface area contributed by atoms with Gasteiger partial charge in [0.15, 0.2) is 0 Å². The Morgan fingerprint density at radius 3 is 3.00 bits per heavy atom. The minimum atomic E-state index is -0.793. The van der Waals surface area contributed by atoms with Gasteiger partial charge in [-0.25, -0.2) is 0 Å². The average Bonchev–Trinajstić information content (AvgIpc) is 1.85. The van der Waals surface area contributed by atoms with Crippen molar-refractivity contribution >= 4 is 6.47 Å². The molecule has 0 heterocycles. The van der Waals surface area contributed by atoms with Crippen LogP contribution in [0.4, 0.5) is 0 Å². The van der Waals surface area contributed by atoms with Gasteiger partial charge in [0.2, 0.25) is 6.29 Å². The highest BCUT2D eigenvalue weighted by Gasteiger charge is 1.96. The zero-order valence-corrected chi connectivity index (χ0v) is 4.87. The van der Waals surface area contributed by atoms with Crippen molar-refractivity contribution < 1.29 is 14.3 Å². The first-order valence-corrected chi connectivity index (χ1v) is 2.28. The Labute approximate surface area is 54.0 Å². The molecule has 1 unspecified atom stereocenters. The van der Waals surface area contributed by atoms with Crippen LogP contribution in [0.25, 0.3) is 0 Å². The van der Waals surface area contributed by atoms with Gasteiger partial charge in [-0.1, -0.05) is 5.92 Å². The summed E-state index contributed by atoms with van der Waals surface area (Å²) in [7, 11) is 0. The lowest BCUT2D eigenvalue weighted by molar-refractivity contribution is -0.151. The van der Waals surface area contributed by atoms with E-state index < -0.39 is 6.29 Å². The Kier molecular flexibility index (Phi) is 4.56. The molecular weight excluding hydrogens is 120 g/mol. The third-order valence-corrected chi connectivity index (χ3v) is 0.560. The van der Waals surface area contributed by atoms with Crippen LogP contribution in [0.3, 0.4) is 0 Å². The molecule has 0 aliphatic rings. The van der Waals surface area contributed by atoms with E-state index in [1.54, 1.807) is 0 Å². The molecule has 1 radical (unpaired) electrons. The largest absolute Gasteiger partial charge is 0.438 e. The molecule has 0 aliphatic heterocycles. The molecule has 3 heteroatoms. The Morgan fingerprint density at radius 1 is 1.89 bits per heavy atom. The molecule has 0 rings (SSSR count). The minimum Gasteiger partial charge on any atom is -0.438 e. The van der Waals surface area contributed by atoms with Gasteiger partial charge in [-0.2, -0.15) is 0 Å². The molecule has 9 heavy (non-hydrogen) atoms. The smallest absolute Gasteiger partial charge is 0.295 e. The number of hydrogen-bond donors (Lipinski definition) is 0. The van der Waals surface area contributed by atoms with Crippen molar-refractivity contribution in [2.45, 2.75) is 6.29 Å². The first-order valence-electron chi connectivity index (χ1n) is 2.28. The van der Waals surface area contributed by atoms with Crippen molar-refractivity contribution in [2.75, 3.05) is 6.61 Å². The van der Waals surface area contributed by atoms with Crippen molar-refractivity contribution in [2.24, 2.45) is 0 Å². The molecule has 0 saturated heterocycles. The van der Waals surface area contributed by atoms with Gasteiger partial charge < -0.3 is 9.47 Å². The van der Waals surface area contributed by atoms with Crippen molar-refractivity contribution in [1.29, 1.82) is 0 Å². The fourth-order valence-corrected chi connectivity index (χ4v) is 0.242. The third-order valence-electron chi connectivity index (χ3n) is 0.560. The average molecular weight is 127 g/mol. The molecule has 0 aromatic heterocycles. The van der Waals surface area contributed by atoms with E-state index >= 15 is 0 Å². The normalized spacial score (nSPS) is 11.6. The van der Waals surface area contributed by atoms with Crippen LogP contribution >= 0.6 is 0 Å². The van der Waals surface area contributed by atoms with Crippen LogP contribution in [0, 0.1) is 19.3 Å². The van der Waals surface area contributed by atoms with Crippen LogP contribution in [-0.4, -0.2) is 19.4 Å². The molecule has 0 N–H and O–H groups in total. The lowest BCUT2D eigenvalue weighted by Crippen LogP contribution is -2.11. The van der Waals surface area contributed by atoms with Gasteiger partial charge in [0.1, 0.15) is 6.61 Å². The van der Waals surface area contributed by atoms with E-state index in [9.17, 15) is 4.79 Å². The first-order chi connectivity index (χ1) is 4.31. The Bertz CT molecular complexity index is 114. The molecule has 0 aromatic carbocycles. The van der Waals surface area contributed by atoms with Crippen molar-refractivity contribution in [3.8, 4) is 12.3 Å². The quantitative estimate of drug-likeness (QED) is 0.302. The van der Waals surface area contributed by atoms with Crippen LogP contribution in [0.5, 0.6) is 0 Å². The maximum Gasteiger partial charge on any atom is 0.295 e. The Balaban J connectivity index is 3.17. The summed E-state index contributed by atoms with van der Waals surface area (Å²) in [6.07, 6.45) is 4.03. The summed E-state index contributed by atoms with van der Waals surface area (Å²) < 4.78 is 8.87. The lowest BCUT2D eigenvalue weighted by atomic mass is 10.7. The van der Waals surface area contributed by atoms with Crippen molar-refractivity contribution in [3.63, 3.8) is 0 Å². The van der Waals surface area contributed by atoms with E-state index in [4.69, 9.17) is 6.42 Å². The molecule has 0 amide bonds. The van der Waals surface area contributed by atoms with Crippen LogP contribution in [0.2, 0.25) is 0 Å². The molecular formula is C6H7O3. The number of hydrogen-bond acceptors (Lipinski definition) is 3. The van der Waals surface area contributed by atoms with Gasteiger partial charge in [-0.05, 0) is 0 Å². The molecule has 0 saturated carbocycles. The summed E-state index contributed by atoms with van der Waals surface area (Å²) in [6.45, 7) is 3.65. The second kappa shape index (κ2) is 5.13. The highest BCUT2D eigenvalue weighted by Crippen LogP contribution is 1.87. The van der Waals surface area contributed by atoms with Crippen LogP contribution in [-0.2, 0) is 14.3 Å². The van der Waals surface area contributed by atoms with Crippen LogP contribution in [0.1, 0.15) is 0 Å². The highest BCUT2D eigenvalue weighted by atomic mass is 16.7. The van der Waals surface area contributed by atoms with Gasteiger partial charge in [0, 0.05) is 6.92 Å². The maximum atomic E-state index is 9.58. The molecule has 49 valence electrons. The third kappa shape index (κ3) is 4.85. The summed E-state index contributed by atoms with van der Waals surface area (Å²) in [5.74, 6) is 2.20. The minimum absolute atomic E-state index is 0.0992. The fourth-order valence-electron chi connectivity index (χ4n) is 0.242. The predicted octanol–water partition coefficient (Wildman–Crippen LogP) is -0.0306. The zero-order valence-electron chi connectivity index (χ0n) is 4.87. The van der Waals surface area contributed by atoms with Gasteiger partial charge in [0.05, 0.1) is 0 Å². The maximum absolute atomic E-state index is 9.58. The van der Waals surface area contributed by atoms with Gasteiger partial charge in [-0.15, -0.1) is 6.42 Å². The van der Waals surface area contributed by atoms with E-state index in [2.05, 4.69) is 22.3 Å². The summed E-state index contributed by atoms with van der Waals surface area (Å²) in [6, 6.07) is 0. The van der Waals surface area contributed by atoms with Gasteiger partial charge in [0.25, 0.3) is 6.47 Å². The molecule has 0 bridgehead atoms. The number of ether oxygens (including phenoxy) is 2. The lowest BCUT2D eigenvalue weighted by Gasteiger charge is -2.06. The van der Waals surface area contributed by atoms with E-state index in [0.29, 0.717) is 0 Å². The van der Waals surface area contributed by atoms with E-state index in [0.717, 1.165) is 0 Å². The summed E-state index contributed by atoms with van der Waals surface area (Å²) in [5.41, 5.74) is 0. The predicted molar refractivity (Wildman–Crippen MR) is 31.1 cm³/mol. The van der Waals surface area contributed by atoms with Gasteiger partial charge >= 0.3 is 0 Å². The zero-order chi connectivity index (χ0) is 7.11. The number of carbonyl (C=O) groups is 1. The number of rotatable bonds is 4. The van der Waals surface area contributed by atoms with Crippen molar-refractivity contribution in [1.82, 2.24) is 0 Å². The first kappa shape index (κ1) is 7.99. The second-order valence-corrected chi connectivity index (χ2v) is 1.18. The second-order valence-electron chi connectivity index (χ2n) is 1.18. The van der Waals surface area contributed by atoms with E-state index in [1.165, 1.54) is 0 Å². The summed E-state index contributed by atoms with van der Waals surface area (Å²) in [5, 5.41) is 0.